The highest BCUT2D eigenvalue weighted by atomic mass is 32.2. The molecule has 5 rings (SSSR count). The van der Waals surface area contributed by atoms with Crippen LogP contribution in [0.4, 0.5) is 10.5 Å². The van der Waals surface area contributed by atoms with Gasteiger partial charge < -0.3 is 4.90 Å². The lowest BCUT2D eigenvalue weighted by molar-refractivity contribution is -0.115. The second kappa shape index (κ2) is 9.05. The largest absolute Gasteiger partial charge is 0.364 e. The van der Waals surface area contributed by atoms with Crippen molar-refractivity contribution < 1.29 is 9.59 Å². The highest BCUT2D eigenvalue weighted by molar-refractivity contribution is 8.18. The lowest BCUT2D eigenvalue weighted by Gasteiger charge is -2.39. The molecule has 0 saturated carbocycles. The third-order valence-electron chi connectivity index (χ3n) is 6.05. The molecule has 0 radical (unpaired) electrons. The van der Waals surface area contributed by atoms with Gasteiger partial charge in [-0.2, -0.15) is 0 Å². The van der Waals surface area contributed by atoms with Crippen LogP contribution in [0.15, 0.2) is 83.8 Å². The van der Waals surface area contributed by atoms with Crippen LogP contribution in [-0.2, 0) is 24.2 Å². The Hall–Kier alpha value is -3.31. The van der Waals surface area contributed by atoms with E-state index in [0.717, 1.165) is 43.1 Å². The Labute approximate surface area is 192 Å². The Morgan fingerprint density at radius 2 is 1.66 bits per heavy atom. The number of fused-ring (bicyclic) bond motifs is 1. The van der Waals surface area contributed by atoms with Gasteiger partial charge in [0.15, 0.2) is 0 Å². The molecular weight excluding hydrogens is 416 g/mol. The molecule has 160 valence electrons. The summed E-state index contributed by atoms with van der Waals surface area (Å²) in [5.74, 6) is -0.314. The summed E-state index contributed by atoms with van der Waals surface area (Å²) in [6, 6.07) is 28.1. The molecule has 4 nitrogen and oxygen atoms in total. The van der Waals surface area contributed by atoms with E-state index in [0.29, 0.717) is 10.9 Å². The number of thioether (sulfide) groups is 1. The second-order valence-corrected chi connectivity index (χ2v) is 9.25. The van der Waals surface area contributed by atoms with Crippen molar-refractivity contribution in [1.82, 2.24) is 5.32 Å². The van der Waals surface area contributed by atoms with Crippen molar-refractivity contribution in [1.29, 1.82) is 0 Å². The number of hydrogen-bond acceptors (Lipinski definition) is 4. The maximum atomic E-state index is 11.9. The fraction of sp³-hybridized carbons (Fsp3) is 0.185. The molecule has 2 heterocycles. The number of rotatable bonds is 5. The number of imide groups is 1. The summed E-state index contributed by atoms with van der Waals surface area (Å²) in [6.45, 7) is 0.860. The van der Waals surface area contributed by atoms with E-state index in [1.807, 2.05) is 12.1 Å². The van der Waals surface area contributed by atoms with Crippen LogP contribution < -0.4 is 10.2 Å². The minimum atomic E-state index is -0.314. The molecule has 1 fully saturated rings. The van der Waals surface area contributed by atoms with Crippen LogP contribution in [0, 0.1) is 0 Å². The Morgan fingerprint density at radius 1 is 0.938 bits per heavy atom. The van der Waals surface area contributed by atoms with E-state index in [1.165, 1.54) is 22.4 Å². The van der Waals surface area contributed by atoms with Crippen LogP contribution in [-0.4, -0.2) is 17.2 Å². The normalized spacial score (nSPS) is 19.2. The van der Waals surface area contributed by atoms with Gasteiger partial charge in [-0.05, 0) is 71.5 Å². The van der Waals surface area contributed by atoms with Crippen LogP contribution in [0.5, 0.6) is 0 Å². The summed E-state index contributed by atoms with van der Waals surface area (Å²) in [7, 11) is 0. The standard InChI is InChI=1S/C27H24N2O2S/c30-26-25(32-27(31)28-26)17-21-11-14-24-22(15-21)12-13-23(16-19-7-3-1-4-8-19)29(24)18-20-9-5-2-6-10-20/h1-11,14-15,17,23H,12-13,16,18H2,(H,28,30,31)/b25-17-. The number of hydrogen-bond donors (Lipinski definition) is 1. The van der Waals surface area contributed by atoms with Crippen molar-refractivity contribution in [2.75, 3.05) is 4.90 Å². The summed E-state index contributed by atoms with van der Waals surface area (Å²) < 4.78 is 0. The van der Waals surface area contributed by atoms with Gasteiger partial charge in [-0.3, -0.25) is 14.9 Å². The van der Waals surface area contributed by atoms with Gasteiger partial charge in [0, 0.05) is 18.3 Å². The highest BCUT2D eigenvalue weighted by Gasteiger charge is 2.28. The first-order chi connectivity index (χ1) is 15.7. The summed E-state index contributed by atoms with van der Waals surface area (Å²) in [4.78, 5) is 26.4. The number of nitrogens with one attached hydrogen (secondary N) is 1. The van der Waals surface area contributed by atoms with Gasteiger partial charge in [-0.1, -0.05) is 66.7 Å². The van der Waals surface area contributed by atoms with Crippen LogP contribution in [0.25, 0.3) is 6.08 Å². The third-order valence-corrected chi connectivity index (χ3v) is 6.86. The molecule has 2 aliphatic heterocycles. The molecule has 0 aliphatic carbocycles. The van der Waals surface area contributed by atoms with Gasteiger partial charge in [0.25, 0.3) is 11.1 Å². The topological polar surface area (TPSA) is 49.4 Å². The average Bonchev–Trinajstić information content (AvgIpc) is 3.13. The van der Waals surface area contributed by atoms with Gasteiger partial charge in [-0.15, -0.1) is 0 Å². The van der Waals surface area contributed by atoms with E-state index in [1.54, 1.807) is 0 Å². The van der Waals surface area contributed by atoms with Crippen molar-refractivity contribution in [3.05, 3.63) is 106 Å². The van der Waals surface area contributed by atoms with Crippen molar-refractivity contribution in [2.24, 2.45) is 0 Å². The van der Waals surface area contributed by atoms with Gasteiger partial charge in [0.1, 0.15) is 0 Å². The van der Waals surface area contributed by atoms with Crippen molar-refractivity contribution >= 4 is 34.7 Å². The van der Waals surface area contributed by atoms with E-state index >= 15 is 0 Å². The lowest BCUT2D eigenvalue weighted by Crippen LogP contribution is -2.40. The molecule has 1 saturated heterocycles. The van der Waals surface area contributed by atoms with Gasteiger partial charge in [-0.25, -0.2) is 0 Å². The Morgan fingerprint density at radius 3 is 2.34 bits per heavy atom. The van der Waals surface area contributed by atoms with Crippen LogP contribution in [0.2, 0.25) is 0 Å². The first-order valence-electron chi connectivity index (χ1n) is 10.9. The van der Waals surface area contributed by atoms with E-state index in [2.05, 4.69) is 83.0 Å². The van der Waals surface area contributed by atoms with Gasteiger partial charge in [0.05, 0.1) is 4.91 Å². The summed E-state index contributed by atoms with van der Waals surface area (Å²) in [5.41, 5.74) is 6.14. The zero-order chi connectivity index (χ0) is 21.9. The number of benzene rings is 3. The van der Waals surface area contributed by atoms with Gasteiger partial charge in [0.2, 0.25) is 0 Å². The zero-order valence-electron chi connectivity index (χ0n) is 17.7. The van der Waals surface area contributed by atoms with Gasteiger partial charge >= 0.3 is 0 Å². The Bertz CT molecular complexity index is 1170. The van der Waals surface area contributed by atoms with Crippen LogP contribution >= 0.6 is 11.8 Å². The van der Waals surface area contributed by atoms with Crippen molar-refractivity contribution in [3.63, 3.8) is 0 Å². The highest BCUT2D eigenvalue weighted by Crippen LogP contribution is 2.35. The molecule has 5 heteroatoms. The number of nitrogens with zero attached hydrogens (tertiary/aromatic N) is 1. The SMILES string of the molecule is O=C1NC(=O)/C(=C/c2ccc3c(c2)CCC(Cc2ccccc2)N3Cc2ccccc2)S1. The quantitative estimate of drug-likeness (QED) is 0.527. The molecule has 2 aliphatic rings. The number of amides is 2. The van der Waals surface area contributed by atoms with Crippen LogP contribution in [0.3, 0.4) is 0 Å². The van der Waals surface area contributed by atoms with E-state index in [4.69, 9.17) is 0 Å². The average molecular weight is 441 g/mol. The van der Waals surface area contributed by atoms with E-state index < -0.39 is 0 Å². The second-order valence-electron chi connectivity index (χ2n) is 8.24. The first kappa shape index (κ1) is 20.6. The maximum Gasteiger partial charge on any atom is 0.290 e. The summed E-state index contributed by atoms with van der Waals surface area (Å²) in [6.07, 6.45) is 4.89. The fourth-order valence-corrected chi connectivity index (χ4v) is 5.20. The minimum Gasteiger partial charge on any atom is -0.364 e. The number of aryl methyl sites for hydroxylation is 1. The van der Waals surface area contributed by atoms with E-state index in [-0.39, 0.29) is 11.1 Å². The number of anilines is 1. The lowest BCUT2D eigenvalue weighted by atomic mass is 9.90. The molecule has 1 unspecified atom stereocenters. The zero-order valence-corrected chi connectivity index (χ0v) is 18.5. The molecule has 3 aromatic rings. The molecule has 0 spiro atoms. The molecule has 2 amide bonds. The van der Waals surface area contributed by atoms with E-state index in [9.17, 15) is 9.59 Å². The molecule has 0 aromatic heterocycles. The third kappa shape index (κ3) is 4.48. The first-order valence-corrected chi connectivity index (χ1v) is 11.7. The Kier molecular flexibility index (Phi) is 5.82. The molecular formula is C27H24N2O2S. The molecule has 0 bridgehead atoms. The van der Waals surface area contributed by atoms with Crippen molar-refractivity contribution in [2.45, 2.75) is 31.8 Å². The molecule has 1 atom stereocenters. The number of carbonyl (C=O) groups is 2. The maximum absolute atomic E-state index is 11.9. The Balaban J connectivity index is 1.46. The molecule has 3 aromatic carbocycles. The number of carbonyl (C=O) groups excluding carboxylic acids is 2. The minimum absolute atomic E-state index is 0.308. The van der Waals surface area contributed by atoms with Crippen molar-refractivity contribution in [3.8, 4) is 0 Å². The fourth-order valence-electron chi connectivity index (χ4n) is 4.52. The monoisotopic (exact) mass is 440 g/mol. The predicted octanol–water partition coefficient (Wildman–Crippen LogP) is 5.57. The summed E-state index contributed by atoms with van der Waals surface area (Å²) >= 11 is 0.961. The predicted molar refractivity (Wildman–Crippen MR) is 130 cm³/mol. The molecule has 1 N–H and O–H groups in total. The summed E-state index contributed by atoms with van der Waals surface area (Å²) in [5, 5.41) is 2.01. The smallest absolute Gasteiger partial charge is 0.290 e. The van der Waals surface area contributed by atoms with Crippen LogP contribution in [0.1, 0.15) is 28.7 Å². The molecule has 32 heavy (non-hydrogen) atoms.